The second-order valence-electron chi connectivity index (χ2n) is 10.6. The summed E-state index contributed by atoms with van der Waals surface area (Å²) in [5.41, 5.74) is 2.36. The number of amides is 1. The Bertz CT molecular complexity index is 1840. The summed E-state index contributed by atoms with van der Waals surface area (Å²) in [5, 5.41) is 2.28. The van der Waals surface area contributed by atoms with Crippen LogP contribution in [0.4, 0.5) is 5.69 Å². The van der Waals surface area contributed by atoms with E-state index in [0.717, 1.165) is 16.8 Å². The van der Waals surface area contributed by atoms with E-state index in [-0.39, 0.29) is 31.3 Å². The predicted octanol–water partition coefficient (Wildman–Crippen LogP) is 4.46. The van der Waals surface area contributed by atoms with Crippen LogP contribution >= 0.6 is 22.9 Å². The minimum absolute atomic E-state index is 0.0408. The van der Waals surface area contributed by atoms with Gasteiger partial charge < -0.3 is 9.47 Å². The van der Waals surface area contributed by atoms with Crippen LogP contribution < -0.4 is 4.90 Å². The molecule has 1 spiro atoms. The van der Waals surface area contributed by atoms with Crippen LogP contribution in [0.5, 0.6) is 0 Å². The normalized spacial score (nSPS) is 17.5. The molecule has 0 unspecified atom stereocenters. The zero-order valence-electron chi connectivity index (χ0n) is 22.4. The van der Waals surface area contributed by atoms with Crippen molar-refractivity contribution in [3.8, 4) is 0 Å². The Morgan fingerprint density at radius 1 is 1.02 bits per heavy atom. The average molecular weight is 633 g/mol. The number of aryl methyl sites for hydroxylation is 1. The first-order chi connectivity index (χ1) is 19.5. The number of hydrogen-bond acceptors (Lipinski definition) is 7. The maximum absolute atomic E-state index is 14.3. The third-order valence-electron chi connectivity index (χ3n) is 8.02. The summed E-state index contributed by atoms with van der Waals surface area (Å²) in [6.07, 6.45) is 2.38. The smallest absolute Gasteiger partial charge is 0.252 e. The number of imidazole rings is 1. The summed E-state index contributed by atoms with van der Waals surface area (Å²) < 4.78 is 53.7. The number of halogens is 1. The van der Waals surface area contributed by atoms with Crippen LogP contribution in [0.1, 0.15) is 30.7 Å². The van der Waals surface area contributed by atoms with Gasteiger partial charge in [-0.1, -0.05) is 35.9 Å². The highest BCUT2D eigenvalue weighted by Gasteiger charge is 2.53. The summed E-state index contributed by atoms with van der Waals surface area (Å²) in [7, 11) is -6.74. The Hall–Kier alpha value is -2.77. The Balaban J connectivity index is 1.31. The minimum atomic E-state index is -3.61. The van der Waals surface area contributed by atoms with Gasteiger partial charge in [-0.25, -0.2) is 21.8 Å². The minimum Gasteiger partial charge on any atom is -0.326 e. The first-order valence-corrected chi connectivity index (χ1v) is 18.0. The maximum Gasteiger partial charge on any atom is 0.252 e. The number of benzene rings is 2. The zero-order valence-corrected chi connectivity index (χ0v) is 25.6. The molecule has 1 fully saturated rings. The lowest BCUT2D eigenvalue weighted by atomic mass is 9.74. The third-order valence-corrected chi connectivity index (χ3v) is 12.6. The highest BCUT2D eigenvalue weighted by molar-refractivity contribution is 7.91. The van der Waals surface area contributed by atoms with E-state index in [2.05, 4.69) is 0 Å². The van der Waals surface area contributed by atoms with Crippen molar-refractivity contribution in [2.75, 3.05) is 30.0 Å². The number of thiophene rings is 1. The van der Waals surface area contributed by atoms with Crippen LogP contribution in [0.3, 0.4) is 0 Å². The van der Waals surface area contributed by atoms with Gasteiger partial charge in [0.2, 0.25) is 5.91 Å². The molecule has 0 N–H and O–H groups in total. The highest BCUT2D eigenvalue weighted by Crippen LogP contribution is 2.49. The largest absolute Gasteiger partial charge is 0.326 e. The van der Waals surface area contributed by atoms with Crippen LogP contribution in [-0.2, 0) is 43.2 Å². The van der Waals surface area contributed by atoms with Crippen molar-refractivity contribution in [3.63, 3.8) is 0 Å². The molecule has 2 aromatic carbocycles. The van der Waals surface area contributed by atoms with Crippen molar-refractivity contribution >= 4 is 65.4 Å². The fourth-order valence-corrected chi connectivity index (χ4v) is 9.44. The molecule has 2 aliphatic heterocycles. The molecule has 6 rings (SSSR count). The van der Waals surface area contributed by atoms with Crippen molar-refractivity contribution in [3.05, 3.63) is 76.4 Å². The number of nitrogens with zero attached hydrogens (tertiary/aromatic N) is 4. The molecule has 216 valence electrons. The van der Waals surface area contributed by atoms with E-state index in [0.29, 0.717) is 46.4 Å². The molecule has 0 bridgehead atoms. The molecule has 0 aliphatic carbocycles. The number of para-hydroxylation sites is 1. The zero-order chi connectivity index (χ0) is 29.0. The van der Waals surface area contributed by atoms with E-state index in [1.807, 2.05) is 34.9 Å². The number of piperidine rings is 1. The molecular formula is C28H29ClN4O5S3. The Morgan fingerprint density at radius 2 is 1.78 bits per heavy atom. The van der Waals surface area contributed by atoms with Crippen molar-refractivity contribution in [1.82, 2.24) is 13.9 Å². The van der Waals surface area contributed by atoms with Gasteiger partial charge in [-0.3, -0.25) is 4.79 Å². The summed E-state index contributed by atoms with van der Waals surface area (Å²) in [6, 6.07) is 16.4. The number of carbonyl (C=O) groups is 1. The van der Waals surface area contributed by atoms with E-state index < -0.39 is 25.3 Å². The quantitative estimate of drug-likeness (QED) is 0.284. The number of carbonyl (C=O) groups excluding carboxylic acids is 1. The summed E-state index contributed by atoms with van der Waals surface area (Å²) in [6.45, 7) is 1.11. The van der Waals surface area contributed by atoms with E-state index in [1.54, 1.807) is 34.5 Å². The summed E-state index contributed by atoms with van der Waals surface area (Å²) in [4.78, 5) is 20.8. The fraction of sp³-hybridized carbons (Fsp3) is 0.357. The van der Waals surface area contributed by atoms with E-state index in [4.69, 9.17) is 16.6 Å². The second-order valence-corrected chi connectivity index (χ2v) is 16.4. The molecule has 4 heterocycles. The van der Waals surface area contributed by atoms with E-state index in [1.165, 1.54) is 21.9 Å². The molecule has 0 atom stereocenters. The first kappa shape index (κ1) is 28.4. The van der Waals surface area contributed by atoms with Crippen molar-refractivity contribution in [1.29, 1.82) is 0 Å². The Labute approximate surface area is 248 Å². The number of aromatic nitrogens is 2. The number of anilines is 1. The molecule has 0 radical (unpaired) electrons. The number of hydrogen-bond donors (Lipinski definition) is 0. The number of sulfone groups is 1. The Kier molecular flexibility index (Phi) is 7.26. The van der Waals surface area contributed by atoms with Crippen LogP contribution in [0.2, 0.25) is 5.02 Å². The molecule has 2 aliphatic rings. The number of sulfonamides is 1. The van der Waals surface area contributed by atoms with Crippen LogP contribution in [-0.4, -0.2) is 61.7 Å². The molecular weight excluding hydrogens is 604 g/mol. The lowest BCUT2D eigenvalue weighted by Gasteiger charge is -2.37. The van der Waals surface area contributed by atoms with Gasteiger partial charge in [0.1, 0.15) is 19.9 Å². The lowest BCUT2D eigenvalue weighted by molar-refractivity contribution is -0.124. The van der Waals surface area contributed by atoms with E-state index in [9.17, 15) is 21.6 Å². The van der Waals surface area contributed by atoms with Crippen molar-refractivity contribution in [2.45, 2.75) is 42.0 Å². The third kappa shape index (κ3) is 5.10. The van der Waals surface area contributed by atoms with Crippen LogP contribution in [0.25, 0.3) is 11.0 Å². The monoisotopic (exact) mass is 632 g/mol. The highest BCUT2D eigenvalue weighted by atomic mass is 35.5. The topological polar surface area (TPSA) is 110 Å². The molecule has 0 saturated carbocycles. The fourth-order valence-electron chi connectivity index (χ4n) is 6.03. The molecule has 1 saturated heterocycles. The van der Waals surface area contributed by atoms with E-state index >= 15 is 0 Å². The van der Waals surface area contributed by atoms with Crippen LogP contribution in [0.15, 0.2) is 64.2 Å². The molecule has 2 aromatic heterocycles. The van der Waals surface area contributed by atoms with Gasteiger partial charge in [-0.15, -0.1) is 11.3 Å². The van der Waals surface area contributed by atoms with Gasteiger partial charge in [-0.2, -0.15) is 4.31 Å². The maximum atomic E-state index is 14.3. The van der Waals surface area contributed by atoms with Gasteiger partial charge >= 0.3 is 0 Å². The predicted molar refractivity (Wildman–Crippen MR) is 161 cm³/mol. The summed E-state index contributed by atoms with van der Waals surface area (Å²) in [5.74, 6) is 0.604. The van der Waals surface area contributed by atoms with Gasteiger partial charge in [0.05, 0.1) is 28.7 Å². The standard InChI is InChI=1S/C28H29ClN4O5S3/c1-40(35,36)17-5-13-32-24-10-9-20(29)18-22(24)30-25(32)19-33-23-7-3-2-6-21(23)28(27(33)34)11-14-31(15-12-28)41(37,38)26-8-4-16-39-26/h2-4,6-10,16,18H,5,11-15,17,19H2,1H3. The molecule has 41 heavy (non-hydrogen) atoms. The van der Waals surface area contributed by atoms with Crippen LogP contribution in [0, 0.1) is 0 Å². The van der Waals surface area contributed by atoms with Gasteiger partial charge in [0.15, 0.2) is 0 Å². The lowest BCUT2D eigenvalue weighted by Crippen LogP contribution is -2.50. The van der Waals surface area contributed by atoms with Crippen molar-refractivity contribution < 1.29 is 21.6 Å². The number of fused-ring (bicyclic) bond motifs is 3. The van der Waals surface area contributed by atoms with Gasteiger partial charge in [0, 0.05) is 36.6 Å². The second kappa shape index (κ2) is 10.5. The average Bonchev–Trinajstić information content (AvgIpc) is 3.64. The SMILES string of the molecule is CS(=O)(=O)CCCn1c(CN2C(=O)C3(CCN(S(=O)(=O)c4cccs4)CC3)c3ccccc32)nc2cc(Cl)ccc21. The first-order valence-electron chi connectivity index (χ1n) is 13.3. The van der Waals surface area contributed by atoms with Gasteiger partial charge in [0.25, 0.3) is 10.0 Å². The van der Waals surface area contributed by atoms with Crippen molar-refractivity contribution in [2.24, 2.45) is 0 Å². The Morgan fingerprint density at radius 3 is 2.49 bits per heavy atom. The molecule has 1 amide bonds. The molecule has 4 aromatic rings. The summed E-state index contributed by atoms with van der Waals surface area (Å²) >= 11 is 7.43. The molecule has 9 nitrogen and oxygen atoms in total. The van der Waals surface area contributed by atoms with Gasteiger partial charge in [-0.05, 0) is 60.5 Å². The number of rotatable bonds is 8. The molecule has 13 heteroatoms.